The Kier molecular flexibility index (Phi) is 4.68. The molecule has 20 heavy (non-hydrogen) atoms. The van der Waals surface area contributed by atoms with E-state index in [2.05, 4.69) is 4.98 Å². The van der Waals surface area contributed by atoms with E-state index in [4.69, 9.17) is 9.84 Å². The van der Waals surface area contributed by atoms with Crippen LogP contribution < -0.4 is 0 Å². The largest absolute Gasteiger partial charge is 0.480 e. The number of likely N-dealkylation sites (tertiary alicyclic amines) is 1. The number of carbonyl (C=O) groups is 2. The van der Waals surface area contributed by atoms with Crippen LogP contribution in [0.25, 0.3) is 0 Å². The molecule has 0 atom stereocenters. The number of hydrogen-bond donors (Lipinski definition) is 1. The van der Waals surface area contributed by atoms with Gasteiger partial charge in [0.15, 0.2) is 0 Å². The fourth-order valence-electron chi connectivity index (χ4n) is 2.30. The van der Waals surface area contributed by atoms with Crippen LogP contribution in [-0.2, 0) is 9.53 Å². The molecule has 0 aromatic carbocycles. The van der Waals surface area contributed by atoms with Crippen LogP contribution in [0.4, 0.5) is 0 Å². The molecule has 1 N–H and O–H groups in total. The number of carboxylic acid groups (broad SMARTS) is 1. The van der Waals surface area contributed by atoms with Crippen molar-refractivity contribution < 1.29 is 19.4 Å². The van der Waals surface area contributed by atoms with Crippen molar-refractivity contribution >= 4 is 11.9 Å². The van der Waals surface area contributed by atoms with Crippen LogP contribution >= 0.6 is 0 Å². The van der Waals surface area contributed by atoms with Gasteiger partial charge in [0.05, 0.1) is 11.7 Å². The lowest BCUT2D eigenvalue weighted by Gasteiger charge is -2.31. The molecule has 2 rings (SSSR count). The molecule has 1 aliphatic heterocycles. The summed E-state index contributed by atoms with van der Waals surface area (Å²) in [5.74, 6) is -0.984. The molecule has 1 aromatic rings. The maximum atomic E-state index is 12.3. The molecular weight excluding hydrogens is 260 g/mol. The van der Waals surface area contributed by atoms with Crippen LogP contribution in [0.1, 0.15) is 28.9 Å². The van der Waals surface area contributed by atoms with Gasteiger partial charge in [0, 0.05) is 25.0 Å². The zero-order valence-electron chi connectivity index (χ0n) is 11.4. The van der Waals surface area contributed by atoms with E-state index in [-0.39, 0.29) is 18.6 Å². The van der Waals surface area contributed by atoms with Gasteiger partial charge in [0.25, 0.3) is 5.91 Å². The predicted molar refractivity (Wildman–Crippen MR) is 71.5 cm³/mol. The average molecular weight is 278 g/mol. The van der Waals surface area contributed by atoms with Crippen LogP contribution in [-0.4, -0.2) is 52.7 Å². The fourth-order valence-corrected chi connectivity index (χ4v) is 2.30. The lowest BCUT2D eigenvalue weighted by molar-refractivity contribution is -0.145. The molecule has 2 heterocycles. The van der Waals surface area contributed by atoms with Crippen molar-refractivity contribution in [3.63, 3.8) is 0 Å². The summed E-state index contributed by atoms with van der Waals surface area (Å²) in [6.45, 7) is 2.70. The standard InChI is InChI=1S/C14H18N2O4/c1-10-12(3-2-6-15-10)14(19)16-7-4-11(5-8-16)20-9-13(17)18/h2-3,6,11H,4-5,7-9H2,1H3,(H,17,18). The molecule has 6 nitrogen and oxygen atoms in total. The first-order valence-corrected chi connectivity index (χ1v) is 6.62. The van der Waals surface area contributed by atoms with E-state index in [9.17, 15) is 9.59 Å². The first-order valence-electron chi connectivity index (χ1n) is 6.62. The van der Waals surface area contributed by atoms with Gasteiger partial charge in [-0.15, -0.1) is 0 Å². The number of pyridine rings is 1. The number of aliphatic carboxylic acids is 1. The molecule has 0 bridgehead atoms. The zero-order valence-corrected chi connectivity index (χ0v) is 11.4. The van der Waals surface area contributed by atoms with Gasteiger partial charge in [0.1, 0.15) is 6.61 Å². The molecule has 1 aromatic heterocycles. The number of piperidine rings is 1. The maximum Gasteiger partial charge on any atom is 0.329 e. The minimum absolute atomic E-state index is 0.0210. The van der Waals surface area contributed by atoms with Crippen LogP contribution in [0.5, 0.6) is 0 Å². The SMILES string of the molecule is Cc1ncccc1C(=O)N1CCC(OCC(=O)O)CC1. The Hall–Kier alpha value is -1.95. The molecule has 0 spiro atoms. The fraction of sp³-hybridized carbons (Fsp3) is 0.500. The van der Waals surface area contributed by atoms with E-state index in [1.165, 1.54) is 0 Å². The molecule has 1 saturated heterocycles. The third-order valence-corrected chi connectivity index (χ3v) is 3.41. The third kappa shape index (κ3) is 3.54. The summed E-state index contributed by atoms with van der Waals surface area (Å²) in [5, 5.41) is 8.57. The Morgan fingerprint density at radius 2 is 2.15 bits per heavy atom. The van der Waals surface area contributed by atoms with Crippen molar-refractivity contribution in [2.24, 2.45) is 0 Å². The minimum Gasteiger partial charge on any atom is -0.480 e. The first-order chi connectivity index (χ1) is 9.58. The topological polar surface area (TPSA) is 79.7 Å². The van der Waals surface area contributed by atoms with E-state index in [0.29, 0.717) is 31.5 Å². The second-order valence-corrected chi connectivity index (χ2v) is 4.83. The number of ether oxygens (including phenoxy) is 1. The third-order valence-electron chi connectivity index (χ3n) is 3.41. The molecule has 0 radical (unpaired) electrons. The monoisotopic (exact) mass is 278 g/mol. The van der Waals surface area contributed by atoms with Gasteiger partial charge in [-0.2, -0.15) is 0 Å². The maximum absolute atomic E-state index is 12.3. The van der Waals surface area contributed by atoms with Crippen LogP contribution in [0.2, 0.25) is 0 Å². The summed E-state index contributed by atoms with van der Waals surface area (Å²) in [5.41, 5.74) is 1.35. The zero-order chi connectivity index (χ0) is 14.5. The van der Waals surface area contributed by atoms with Gasteiger partial charge < -0.3 is 14.7 Å². The Balaban J connectivity index is 1.89. The van der Waals surface area contributed by atoms with Crippen molar-refractivity contribution in [1.29, 1.82) is 0 Å². The molecular formula is C14H18N2O4. The molecule has 108 valence electrons. The van der Waals surface area contributed by atoms with Crippen molar-refractivity contribution in [3.05, 3.63) is 29.6 Å². The summed E-state index contributed by atoms with van der Waals surface area (Å²) >= 11 is 0. The normalized spacial score (nSPS) is 16.1. The van der Waals surface area contributed by atoms with E-state index < -0.39 is 5.97 Å². The second-order valence-electron chi connectivity index (χ2n) is 4.83. The van der Waals surface area contributed by atoms with E-state index in [0.717, 1.165) is 5.69 Å². The molecule has 1 aliphatic rings. The Morgan fingerprint density at radius 1 is 1.45 bits per heavy atom. The summed E-state index contributed by atoms with van der Waals surface area (Å²) in [4.78, 5) is 28.7. The number of carbonyl (C=O) groups excluding carboxylic acids is 1. The van der Waals surface area contributed by atoms with Crippen LogP contribution in [0.15, 0.2) is 18.3 Å². The summed E-state index contributed by atoms with van der Waals surface area (Å²) in [6, 6.07) is 3.53. The smallest absolute Gasteiger partial charge is 0.329 e. The first kappa shape index (κ1) is 14.5. The molecule has 1 amide bonds. The predicted octanol–water partition coefficient (Wildman–Crippen LogP) is 1.10. The summed E-state index contributed by atoms with van der Waals surface area (Å²) in [7, 11) is 0. The number of aryl methyl sites for hydroxylation is 1. The van der Waals surface area contributed by atoms with E-state index in [1.807, 2.05) is 6.92 Å². The quantitative estimate of drug-likeness (QED) is 0.892. The van der Waals surface area contributed by atoms with Gasteiger partial charge in [-0.1, -0.05) is 0 Å². The van der Waals surface area contributed by atoms with Gasteiger partial charge >= 0.3 is 5.97 Å². The van der Waals surface area contributed by atoms with Crippen molar-refractivity contribution in [1.82, 2.24) is 9.88 Å². The highest BCUT2D eigenvalue weighted by Gasteiger charge is 2.25. The van der Waals surface area contributed by atoms with Crippen molar-refractivity contribution in [2.45, 2.75) is 25.9 Å². The number of hydrogen-bond acceptors (Lipinski definition) is 4. The Bertz CT molecular complexity index is 496. The highest BCUT2D eigenvalue weighted by molar-refractivity contribution is 5.95. The number of carboxylic acids is 1. The van der Waals surface area contributed by atoms with E-state index >= 15 is 0 Å². The molecule has 0 unspecified atom stereocenters. The number of nitrogens with zero attached hydrogens (tertiary/aromatic N) is 2. The van der Waals surface area contributed by atoms with E-state index in [1.54, 1.807) is 23.2 Å². The summed E-state index contributed by atoms with van der Waals surface area (Å²) in [6.07, 6.45) is 2.92. The van der Waals surface area contributed by atoms with Gasteiger partial charge in [0.2, 0.25) is 0 Å². The Morgan fingerprint density at radius 3 is 2.75 bits per heavy atom. The van der Waals surface area contributed by atoms with Crippen molar-refractivity contribution in [3.8, 4) is 0 Å². The number of aromatic nitrogens is 1. The molecule has 0 aliphatic carbocycles. The Labute approximate surface area is 117 Å². The molecule has 1 fully saturated rings. The van der Waals surface area contributed by atoms with Gasteiger partial charge in [-0.3, -0.25) is 9.78 Å². The molecule has 6 heteroatoms. The average Bonchev–Trinajstić information content (AvgIpc) is 2.45. The number of amides is 1. The van der Waals surface area contributed by atoms with Crippen molar-refractivity contribution in [2.75, 3.05) is 19.7 Å². The highest BCUT2D eigenvalue weighted by atomic mass is 16.5. The van der Waals surface area contributed by atoms with Gasteiger partial charge in [-0.25, -0.2) is 4.79 Å². The van der Waals surface area contributed by atoms with Crippen LogP contribution in [0, 0.1) is 6.92 Å². The molecule has 0 saturated carbocycles. The highest BCUT2D eigenvalue weighted by Crippen LogP contribution is 2.17. The van der Waals surface area contributed by atoms with Gasteiger partial charge in [-0.05, 0) is 31.9 Å². The minimum atomic E-state index is -0.963. The second kappa shape index (κ2) is 6.47. The lowest BCUT2D eigenvalue weighted by Crippen LogP contribution is -2.41. The van der Waals surface area contributed by atoms with Crippen LogP contribution in [0.3, 0.4) is 0 Å². The summed E-state index contributed by atoms with van der Waals surface area (Å²) < 4.78 is 5.25. The number of rotatable bonds is 4. The lowest BCUT2D eigenvalue weighted by atomic mass is 10.1.